The standard InChI is InChI=1S/C19H21BrN2O2/c1-3-15-4-8-17(9-5-15)21-19(24)12-13-22(14(2)23)18-10-6-16(20)7-11-18/h4-11H,3,12-13H2,1-2H3,(H,21,24). The normalized spacial score (nSPS) is 10.3. The number of aryl methyl sites for hydroxylation is 1. The highest BCUT2D eigenvalue weighted by molar-refractivity contribution is 9.10. The first-order valence-corrected chi connectivity index (χ1v) is 8.71. The van der Waals surface area contributed by atoms with Gasteiger partial charge in [0.2, 0.25) is 11.8 Å². The molecule has 0 bridgehead atoms. The molecule has 0 radical (unpaired) electrons. The Morgan fingerprint density at radius 3 is 2.21 bits per heavy atom. The molecule has 0 saturated carbocycles. The summed E-state index contributed by atoms with van der Waals surface area (Å²) < 4.78 is 0.947. The lowest BCUT2D eigenvalue weighted by Gasteiger charge is -2.21. The molecule has 1 N–H and O–H groups in total. The lowest BCUT2D eigenvalue weighted by atomic mass is 10.1. The van der Waals surface area contributed by atoms with Crippen LogP contribution in [0.3, 0.4) is 0 Å². The van der Waals surface area contributed by atoms with Crippen LogP contribution in [-0.4, -0.2) is 18.4 Å². The van der Waals surface area contributed by atoms with Gasteiger partial charge in [0, 0.05) is 35.7 Å². The van der Waals surface area contributed by atoms with Gasteiger partial charge in [-0.15, -0.1) is 0 Å². The summed E-state index contributed by atoms with van der Waals surface area (Å²) in [5, 5.41) is 2.86. The van der Waals surface area contributed by atoms with E-state index in [0.29, 0.717) is 6.54 Å². The van der Waals surface area contributed by atoms with Crippen molar-refractivity contribution < 1.29 is 9.59 Å². The Hall–Kier alpha value is -2.14. The summed E-state index contributed by atoms with van der Waals surface area (Å²) in [5.74, 6) is -0.194. The summed E-state index contributed by atoms with van der Waals surface area (Å²) in [6, 6.07) is 15.3. The summed E-state index contributed by atoms with van der Waals surface area (Å²) in [4.78, 5) is 25.6. The Labute approximate surface area is 151 Å². The number of rotatable bonds is 6. The molecule has 0 aliphatic carbocycles. The molecule has 0 unspecified atom stereocenters. The van der Waals surface area contributed by atoms with E-state index in [2.05, 4.69) is 28.2 Å². The molecule has 0 fully saturated rings. The minimum absolute atomic E-state index is 0.0857. The molecule has 0 saturated heterocycles. The predicted octanol–water partition coefficient (Wildman–Crippen LogP) is 4.39. The molecule has 0 spiro atoms. The fourth-order valence-electron chi connectivity index (χ4n) is 2.35. The Morgan fingerprint density at radius 1 is 1.04 bits per heavy atom. The second-order valence-corrected chi connectivity index (χ2v) is 6.41. The van der Waals surface area contributed by atoms with E-state index < -0.39 is 0 Å². The highest BCUT2D eigenvalue weighted by Crippen LogP contribution is 2.19. The van der Waals surface area contributed by atoms with Gasteiger partial charge in [-0.1, -0.05) is 35.0 Å². The van der Waals surface area contributed by atoms with Gasteiger partial charge in [0.1, 0.15) is 0 Å². The Kier molecular flexibility index (Phi) is 6.55. The third-order valence-corrected chi connectivity index (χ3v) is 4.26. The monoisotopic (exact) mass is 388 g/mol. The zero-order valence-electron chi connectivity index (χ0n) is 13.9. The van der Waals surface area contributed by atoms with Crippen LogP contribution in [-0.2, 0) is 16.0 Å². The number of hydrogen-bond donors (Lipinski definition) is 1. The number of nitrogens with one attached hydrogen (secondary N) is 1. The van der Waals surface area contributed by atoms with E-state index in [-0.39, 0.29) is 18.2 Å². The van der Waals surface area contributed by atoms with Crippen molar-refractivity contribution in [2.75, 3.05) is 16.8 Å². The topological polar surface area (TPSA) is 49.4 Å². The van der Waals surface area contributed by atoms with Gasteiger partial charge in [0.05, 0.1) is 0 Å². The maximum atomic E-state index is 12.1. The van der Waals surface area contributed by atoms with Crippen molar-refractivity contribution in [1.82, 2.24) is 0 Å². The van der Waals surface area contributed by atoms with Gasteiger partial charge in [-0.05, 0) is 48.4 Å². The minimum atomic E-state index is -0.109. The third-order valence-electron chi connectivity index (χ3n) is 3.73. The van der Waals surface area contributed by atoms with E-state index in [1.807, 2.05) is 48.5 Å². The van der Waals surface area contributed by atoms with Gasteiger partial charge in [0.15, 0.2) is 0 Å². The molecule has 2 aromatic carbocycles. The van der Waals surface area contributed by atoms with Crippen LogP contribution in [0.2, 0.25) is 0 Å². The maximum Gasteiger partial charge on any atom is 0.226 e. The third kappa shape index (κ3) is 5.20. The number of hydrogen-bond acceptors (Lipinski definition) is 2. The largest absolute Gasteiger partial charge is 0.326 e. The van der Waals surface area contributed by atoms with Gasteiger partial charge in [0.25, 0.3) is 0 Å². The van der Waals surface area contributed by atoms with E-state index in [4.69, 9.17) is 0 Å². The van der Waals surface area contributed by atoms with Crippen molar-refractivity contribution >= 4 is 39.1 Å². The van der Waals surface area contributed by atoms with Gasteiger partial charge < -0.3 is 10.2 Å². The highest BCUT2D eigenvalue weighted by atomic mass is 79.9. The van der Waals surface area contributed by atoms with Crippen LogP contribution in [0.5, 0.6) is 0 Å². The van der Waals surface area contributed by atoms with Gasteiger partial charge in [-0.25, -0.2) is 0 Å². The second kappa shape index (κ2) is 8.64. The Morgan fingerprint density at radius 2 is 1.67 bits per heavy atom. The fraction of sp³-hybridized carbons (Fsp3) is 0.263. The van der Waals surface area contributed by atoms with Crippen molar-refractivity contribution in [3.63, 3.8) is 0 Å². The number of benzene rings is 2. The Bertz CT molecular complexity index is 696. The van der Waals surface area contributed by atoms with E-state index >= 15 is 0 Å². The number of carbonyl (C=O) groups is 2. The van der Waals surface area contributed by atoms with Crippen molar-refractivity contribution in [3.05, 3.63) is 58.6 Å². The van der Waals surface area contributed by atoms with Crippen LogP contribution >= 0.6 is 15.9 Å². The van der Waals surface area contributed by atoms with Crippen molar-refractivity contribution in [3.8, 4) is 0 Å². The molecular formula is C19H21BrN2O2. The molecule has 0 aliphatic rings. The molecule has 126 valence electrons. The fourth-order valence-corrected chi connectivity index (χ4v) is 2.61. The molecule has 2 aromatic rings. The molecule has 2 amide bonds. The highest BCUT2D eigenvalue weighted by Gasteiger charge is 2.13. The lowest BCUT2D eigenvalue weighted by Crippen LogP contribution is -2.31. The van der Waals surface area contributed by atoms with E-state index in [1.165, 1.54) is 12.5 Å². The molecule has 5 heteroatoms. The van der Waals surface area contributed by atoms with E-state index in [1.54, 1.807) is 4.90 Å². The predicted molar refractivity (Wildman–Crippen MR) is 101 cm³/mol. The SMILES string of the molecule is CCc1ccc(NC(=O)CCN(C(C)=O)c2ccc(Br)cc2)cc1. The quantitative estimate of drug-likeness (QED) is 0.797. The number of halogens is 1. The first-order valence-electron chi connectivity index (χ1n) is 7.92. The number of nitrogens with zero attached hydrogens (tertiary/aromatic N) is 1. The smallest absolute Gasteiger partial charge is 0.226 e. The lowest BCUT2D eigenvalue weighted by molar-refractivity contribution is -0.117. The van der Waals surface area contributed by atoms with Gasteiger partial charge in [-0.3, -0.25) is 9.59 Å². The summed E-state index contributed by atoms with van der Waals surface area (Å²) in [6.07, 6.45) is 1.21. The first kappa shape index (κ1) is 18.2. The van der Waals surface area contributed by atoms with Crippen LogP contribution in [0, 0.1) is 0 Å². The molecule has 24 heavy (non-hydrogen) atoms. The summed E-state index contributed by atoms with van der Waals surface area (Å²) in [6.45, 7) is 3.94. The molecule has 0 heterocycles. The summed E-state index contributed by atoms with van der Waals surface area (Å²) >= 11 is 3.37. The molecular weight excluding hydrogens is 368 g/mol. The van der Waals surface area contributed by atoms with Crippen LogP contribution < -0.4 is 10.2 Å². The maximum absolute atomic E-state index is 12.1. The van der Waals surface area contributed by atoms with Crippen LogP contribution in [0.1, 0.15) is 25.8 Å². The van der Waals surface area contributed by atoms with Crippen molar-refractivity contribution in [2.45, 2.75) is 26.7 Å². The number of carbonyl (C=O) groups excluding carboxylic acids is 2. The van der Waals surface area contributed by atoms with Crippen LogP contribution in [0.15, 0.2) is 53.0 Å². The molecule has 0 atom stereocenters. The average Bonchev–Trinajstić information content (AvgIpc) is 2.57. The number of amides is 2. The first-order chi connectivity index (χ1) is 11.5. The van der Waals surface area contributed by atoms with Crippen LogP contribution in [0.25, 0.3) is 0 Å². The number of anilines is 2. The molecule has 0 aromatic heterocycles. The Balaban J connectivity index is 1.94. The zero-order valence-corrected chi connectivity index (χ0v) is 15.5. The van der Waals surface area contributed by atoms with Gasteiger partial charge >= 0.3 is 0 Å². The molecule has 4 nitrogen and oxygen atoms in total. The minimum Gasteiger partial charge on any atom is -0.326 e. The van der Waals surface area contributed by atoms with Crippen molar-refractivity contribution in [2.24, 2.45) is 0 Å². The zero-order chi connectivity index (χ0) is 17.5. The van der Waals surface area contributed by atoms with E-state index in [9.17, 15) is 9.59 Å². The summed E-state index contributed by atoms with van der Waals surface area (Å²) in [5.41, 5.74) is 2.78. The summed E-state index contributed by atoms with van der Waals surface area (Å²) in [7, 11) is 0. The van der Waals surface area contributed by atoms with E-state index in [0.717, 1.165) is 22.3 Å². The van der Waals surface area contributed by atoms with Gasteiger partial charge in [-0.2, -0.15) is 0 Å². The molecule has 2 rings (SSSR count). The van der Waals surface area contributed by atoms with Crippen LogP contribution in [0.4, 0.5) is 11.4 Å². The molecule has 0 aliphatic heterocycles. The van der Waals surface area contributed by atoms with Crippen molar-refractivity contribution in [1.29, 1.82) is 0 Å². The second-order valence-electron chi connectivity index (χ2n) is 5.50. The average molecular weight is 389 g/mol.